The molecule has 0 atom stereocenters. The lowest BCUT2D eigenvalue weighted by molar-refractivity contribution is 0.102. The van der Waals surface area contributed by atoms with E-state index >= 15 is 0 Å². The van der Waals surface area contributed by atoms with E-state index in [1.165, 1.54) is 24.3 Å². The highest BCUT2D eigenvalue weighted by Crippen LogP contribution is 2.22. The van der Waals surface area contributed by atoms with Gasteiger partial charge in [-0.05, 0) is 84.3 Å². The zero-order valence-electron chi connectivity index (χ0n) is 13.0. The van der Waals surface area contributed by atoms with Crippen LogP contribution < -0.4 is 10.0 Å². The molecule has 2 aromatic rings. The number of aryl methyl sites for hydroxylation is 1. The Balaban J connectivity index is 1.72. The van der Waals surface area contributed by atoms with E-state index in [0.717, 1.165) is 22.0 Å². The van der Waals surface area contributed by atoms with E-state index in [4.69, 9.17) is 0 Å². The van der Waals surface area contributed by atoms with E-state index in [-0.39, 0.29) is 16.8 Å². The number of rotatable bonds is 5. The van der Waals surface area contributed by atoms with Crippen LogP contribution in [-0.2, 0) is 10.0 Å². The molecule has 3 rings (SSSR count). The molecular weight excluding hydrogens is 439 g/mol. The molecule has 0 bridgehead atoms. The molecule has 1 amide bonds. The number of anilines is 1. The predicted molar refractivity (Wildman–Crippen MR) is 102 cm³/mol. The monoisotopic (exact) mass is 456 g/mol. The third kappa shape index (κ3) is 4.14. The first-order valence-corrected chi connectivity index (χ1v) is 10.1. The summed E-state index contributed by atoms with van der Waals surface area (Å²) in [6, 6.07) is 11.7. The average Bonchev–Trinajstić information content (AvgIpc) is 3.34. The molecule has 1 fully saturated rings. The second-order valence-corrected chi connectivity index (χ2v) is 8.71. The SMILES string of the molecule is Cc1ccc(NC(=O)c2ccc(S(=O)(=O)NC3CC3)cc2)cc1I. The van der Waals surface area contributed by atoms with Crippen molar-refractivity contribution in [1.82, 2.24) is 4.72 Å². The maximum Gasteiger partial charge on any atom is 0.255 e. The number of sulfonamides is 1. The first-order valence-electron chi connectivity index (χ1n) is 7.55. The van der Waals surface area contributed by atoms with Crippen LogP contribution in [0, 0.1) is 10.5 Å². The Morgan fingerprint density at radius 2 is 1.79 bits per heavy atom. The molecule has 0 saturated heterocycles. The van der Waals surface area contributed by atoms with Crippen LogP contribution in [0.4, 0.5) is 5.69 Å². The predicted octanol–water partition coefficient (Wildman–Crippen LogP) is 3.29. The number of hydrogen-bond donors (Lipinski definition) is 2. The fraction of sp³-hybridized carbons (Fsp3) is 0.235. The molecule has 24 heavy (non-hydrogen) atoms. The highest BCUT2D eigenvalue weighted by molar-refractivity contribution is 14.1. The molecule has 1 aliphatic rings. The Bertz CT molecular complexity index is 875. The zero-order valence-corrected chi connectivity index (χ0v) is 16.0. The highest BCUT2D eigenvalue weighted by Gasteiger charge is 2.27. The van der Waals surface area contributed by atoms with Crippen molar-refractivity contribution < 1.29 is 13.2 Å². The molecule has 0 heterocycles. The summed E-state index contributed by atoms with van der Waals surface area (Å²) in [6.07, 6.45) is 1.77. The maximum absolute atomic E-state index is 12.3. The number of halogens is 1. The number of nitrogens with one attached hydrogen (secondary N) is 2. The summed E-state index contributed by atoms with van der Waals surface area (Å²) >= 11 is 2.21. The largest absolute Gasteiger partial charge is 0.322 e. The van der Waals surface area contributed by atoms with E-state index in [1.807, 2.05) is 25.1 Å². The Morgan fingerprint density at radius 3 is 2.38 bits per heavy atom. The van der Waals surface area contributed by atoms with Crippen LogP contribution in [0.15, 0.2) is 47.4 Å². The molecule has 0 unspecified atom stereocenters. The van der Waals surface area contributed by atoms with Gasteiger partial charge in [0.25, 0.3) is 5.91 Å². The zero-order chi connectivity index (χ0) is 17.3. The van der Waals surface area contributed by atoms with Crippen LogP contribution in [0.2, 0.25) is 0 Å². The van der Waals surface area contributed by atoms with Crippen molar-refractivity contribution in [2.45, 2.75) is 30.7 Å². The van der Waals surface area contributed by atoms with Crippen LogP contribution in [0.25, 0.3) is 0 Å². The van der Waals surface area contributed by atoms with E-state index < -0.39 is 10.0 Å². The summed E-state index contributed by atoms with van der Waals surface area (Å²) in [5.74, 6) is -0.270. The molecule has 5 nitrogen and oxygen atoms in total. The van der Waals surface area contributed by atoms with E-state index in [2.05, 4.69) is 32.6 Å². The lowest BCUT2D eigenvalue weighted by Gasteiger charge is -2.09. The van der Waals surface area contributed by atoms with Gasteiger partial charge in [-0.2, -0.15) is 0 Å². The van der Waals surface area contributed by atoms with Crippen LogP contribution in [0.5, 0.6) is 0 Å². The van der Waals surface area contributed by atoms with Crippen molar-refractivity contribution in [2.24, 2.45) is 0 Å². The smallest absolute Gasteiger partial charge is 0.255 e. The van der Waals surface area contributed by atoms with Gasteiger partial charge in [0.15, 0.2) is 0 Å². The van der Waals surface area contributed by atoms with Crippen LogP contribution >= 0.6 is 22.6 Å². The molecule has 1 aliphatic carbocycles. The second kappa shape index (κ2) is 6.81. The molecule has 7 heteroatoms. The van der Waals surface area contributed by atoms with Gasteiger partial charge >= 0.3 is 0 Å². The second-order valence-electron chi connectivity index (χ2n) is 5.84. The normalized spacial score (nSPS) is 14.4. The fourth-order valence-corrected chi connectivity index (χ4v) is 3.97. The van der Waals surface area contributed by atoms with Gasteiger partial charge in [0.05, 0.1) is 4.90 Å². The third-order valence-corrected chi connectivity index (χ3v) is 6.45. The van der Waals surface area contributed by atoms with E-state index in [0.29, 0.717) is 11.3 Å². The van der Waals surface area contributed by atoms with E-state index in [9.17, 15) is 13.2 Å². The van der Waals surface area contributed by atoms with Gasteiger partial charge in [-0.25, -0.2) is 13.1 Å². The molecule has 0 aromatic heterocycles. The summed E-state index contributed by atoms with van der Waals surface area (Å²) in [5.41, 5.74) is 2.27. The van der Waals surface area contributed by atoms with Gasteiger partial charge in [-0.3, -0.25) is 4.79 Å². The Kier molecular flexibility index (Phi) is 4.93. The van der Waals surface area contributed by atoms with Crippen molar-refractivity contribution in [3.63, 3.8) is 0 Å². The minimum atomic E-state index is -3.49. The van der Waals surface area contributed by atoms with Crippen LogP contribution in [0.1, 0.15) is 28.8 Å². The number of hydrogen-bond acceptors (Lipinski definition) is 3. The van der Waals surface area contributed by atoms with Gasteiger partial charge < -0.3 is 5.32 Å². The topological polar surface area (TPSA) is 75.3 Å². The first-order chi connectivity index (χ1) is 11.3. The molecule has 0 aliphatic heterocycles. The molecular formula is C17H17IN2O3S. The average molecular weight is 456 g/mol. The molecule has 2 aromatic carbocycles. The number of carbonyl (C=O) groups is 1. The number of benzene rings is 2. The molecule has 0 spiro atoms. The first kappa shape index (κ1) is 17.4. The molecule has 126 valence electrons. The Morgan fingerprint density at radius 1 is 1.12 bits per heavy atom. The molecule has 1 saturated carbocycles. The van der Waals surface area contributed by atoms with Crippen molar-refractivity contribution in [1.29, 1.82) is 0 Å². The standard InChI is InChI=1S/C17H17IN2O3S/c1-11-2-5-14(10-16(11)18)19-17(21)12-3-8-15(9-4-12)24(22,23)20-13-6-7-13/h2-5,8-10,13,20H,6-7H2,1H3,(H,19,21). The van der Waals surface area contributed by atoms with Crippen molar-refractivity contribution in [2.75, 3.05) is 5.32 Å². The van der Waals surface area contributed by atoms with Crippen LogP contribution in [-0.4, -0.2) is 20.4 Å². The van der Waals surface area contributed by atoms with Crippen LogP contribution in [0.3, 0.4) is 0 Å². The summed E-state index contributed by atoms with van der Waals surface area (Å²) in [6.45, 7) is 2.00. The van der Waals surface area contributed by atoms with Crippen molar-refractivity contribution in [3.8, 4) is 0 Å². The van der Waals surface area contributed by atoms with Crippen molar-refractivity contribution >= 4 is 44.2 Å². The Labute approximate surface area is 155 Å². The third-order valence-electron chi connectivity index (χ3n) is 3.76. The quantitative estimate of drug-likeness (QED) is 0.679. The highest BCUT2D eigenvalue weighted by atomic mass is 127. The minimum Gasteiger partial charge on any atom is -0.322 e. The number of carbonyl (C=O) groups excluding carboxylic acids is 1. The lowest BCUT2D eigenvalue weighted by Crippen LogP contribution is -2.25. The summed E-state index contributed by atoms with van der Waals surface area (Å²) in [7, 11) is -3.49. The summed E-state index contributed by atoms with van der Waals surface area (Å²) in [4.78, 5) is 12.5. The van der Waals surface area contributed by atoms with Gasteiger partial charge in [0.1, 0.15) is 0 Å². The minimum absolute atomic E-state index is 0.0574. The van der Waals surface area contributed by atoms with Gasteiger partial charge in [-0.1, -0.05) is 6.07 Å². The van der Waals surface area contributed by atoms with Gasteiger partial charge in [0, 0.05) is 20.9 Å². The lowest BCUT2D eigenvalue weighted by atomic mass is 10.2. The van der Waals surface area contributed by atoms with Gasteiger partial charge in [-0.15, -0.1) is 0 Å². The Hall–Kier alpha value is -1.45. The van der Waals surface area contributed by atoms with Crippen molar-refractivity contribution in [3.05, 3.63) is 57.2 Å². The van der Waals surface area contributed by atoms with Gasteiger partial charge in [0.2, 0.25) is 10.0 Å². The molecule has 0 radical (unpaired) electrons. The number of amides is 1. The summed E-state index contributed by atoms with van der Waals surface area (Å²) < 4.78 is 27.9. The van der Waals surface area contributed by atoms with E-state index in [1.54, 1.807) is 0 Å². The molecule has 2 N–H and O–H groups in total. The fourth-order valence-electron chi connectivity index (χ4n) is 2.15. The summed E-state index contributed by atoms with van der Waals surface area (Å²) in [5, 5.41) is 2.82. The maximum atomic E-state index is 12.3.